The average Bonchev–Trinajstić information content (AvgIpc) is 2.90. The van der Waals surface area contributed by atoms with E-state index in [1.165, 1.54) is 0 Å². The highest BCUT2D eigenvalue weighted by Crippen LogP contribution is 2.21. The maximum absolute atomic E-state index is 5.05. The Kier molecular flexibility index (Phi) is 2.75. The summed E-state index contributed by atoms with van der Waals surface area (Å²) in [6.07, 6.45) is 3.53. The highest BCUT2D eigenvalue weighted by atomic mass is 16.5. The van der Waals surface area contributed by atoms with E-state index >= 15 is 0 Å². The van der Waals surface area contributed by atoms with Gasteiger partial charge in [-0.2, -0.15) is 0 Å². The fourth-order valence-corrected chi connectivity index (χ4v) is 1.86. The van der Waals surface area contributed by atoms with Crippen LogP contribution in [0.2, 0.25) is 0 Å². The molecule has 0 fully saturated rings. The zero-order valence-corrected chi connectivity index (χ0v) is 10.7. The lowest BCUT2D eigenvalue weighted by Gasteiger charge is -2.04. The van der Waals surface area contributed by atoms with Gasteiger partial charge in [0, 0.05) is 24.9 Å². The maximum Gasteiger partial charge on any atom is 0.212 e. The molecule has 96 valence electrons. The number of methoxy groups -OCH3 is 1. The second-order valence-corrected chi connectivity index (χ2v) is 3.97. The Hall–Kier alpha value is -2.63. The zero-order chi connectivity index (χ0) is 13.2. The van der Waals surface area contributed by atoms with E-state index < -0.39 is 0 Å². The monoisotopic (exact) mass is 255 g/mol. The molecular weight excluding hydrogens is 242 g/mol. The number of aromatic nitrogens is 4. The predicted octanol–water partition coefficient (Wildman–Crippen LogP) is 1.84. The Morgan fingerprint density at radius 1 is 1.11 bits per heavy atom. The van der Waals surface area contributed by atoms with Crippen LogP contribution in [-0.4, -0.2) is 33.7 Å². The summed E-state index contributed by atoms with van der Waals surface area (Å²) in [5.41, 5.74) is 2.63. The van der Waals surface area contributed by atoms with E-state index in [0.29, 0.717) is 5.88 Å². The average molecular weight is 255 g/mol. The number of nitrogens with one attached hydrogen (secondary N) is 1. The normalized spacial score (nSPS) is 10.6. The summed E-state index contributed by atoms with van der Waals surface area (Å²) in [5.74, 6) is 1.37. The molecule has 0 saturated carbocycles. The number of rotatable bonds is 3. The molecule has 3 heterocycles. The van der Waals surface area contributed by atoms with Crippen LogP contribution in [0.25, 0.3) is 16.9 Å². The van der Waals surface area contributed by atoms with Crippen LogP contribution in [0.15, 0.2) is 36.7 Å². The summed E-state index contributed by atoms with van der Waals surface area (Å²) < 4.78 is 6.84. The Balaban J connectivity index is 2.12. The Bertz CT molecular complexity index is 705. The van der Waals surface area contributed by atoms with Gasteiger partial charge in [-0.15, -0.1) is 5.10 Å². The van der Waals surface area contributed by atoms with Crippen LogP contribution in [-0.2, 0) is 0 Å². The number of ether oxygens (including phenoxy) is 1. The molecule has 19 heavy (non-hydrogen) atoms. The molecule has 0 radical (unpaired) electrons. The van der Waals surface area contributed by atoms with Gasteiger partial charge in [-0.05, 0) is 18.2 Å². The predicted molar refractivity (Wildman–Crippen MR) is 72.3 cm³/mol. The van der Waals surface area contributed by atoms with Gasteiger partial charge < -0.3 is 10.1 Å². The van der Waals surface area contributed by atoms with E-state index in [4.69, 9.17) is 4.74 Å². The van der Waals surface area contributed by atoms with Crippen LogP contribution < -0.4 is 10.1 Å². The van der Waals surface area contributed by atoms with Gasteiger partial charge >= 0.3 is 0 Å². The molecule has 3 aromatic heterocycles. The number of imidazole rings is 1. The van der Waals surface area contributed by atoms with Crippen LogP contribution in [0.5, 0.6) is 5.88 Å². The van der Waals surface area contributed by atoms with Gasteiger partial charge in [0.25, 0.3) is 0 Å². The Labute approximate surface area is 110 Å². The smallest absolute Gasteiger partial charge is 0.212 e. The molecule has 6 heteroatoms. The lowest BCUT2D eigenvalue weighted by atomic mass is 10.2. The minimum atomic E-state index is 0.585. The topological polar surface area (TPSA) is 64.3 Å². The number of fused-ring (bicyclic) bond motifs is 1. The molecule has 0 aliphatic heterocycles. The molecule has 0 unspecified atom stereocenters. The molecule has 1 N–H and O–H groups in total. The number of anilines is 1. The van der Waals surface area contributed by atoms with Crippen molar-refractivity contribution in [3.8, 4) is 17.1 Å². The van der Waals surface area contributed by atoms with Crippen molar-refractivity contribution in [3.05, 3.63) is 36.7 Å². The first-order valence-electron chi connectivity index (χ1n) is 5.85. The van der Waals surface area contributed by atoms with Crippen LogP contribution in [0.3, 0.4) is 0 Å². The molecule has 0 aliphatic rings. The Morgan fingerprint density at radius 2 is 2.00 bits per heavy atom. The molecule has 3 aromatic rings. The highest BCUT2D eigenvalue weighted by molar-refractivity contribution is 5.63. The van der Waals surface area contributed by atoms with Crippen LogP contribution in [0.1, 0.15) is 0 Å². The third-order valence-corrected chi connectivity index (χ3v) is 2.86. The Morgan fingerprint density at radius 3 is 2.68 bits per heavy atom. The van der Waals surface area contributed by atoms with E-state index in [1.54, 1.807) is 24.0 Å². The number of pyridine rings is 1. The molecule has 0 aliphatic carbocycles. The van der Waals surface area contributed by atoms with Gasteiger partial charge in [-0.3, -0.25) is 0 Å². The number of hydrogen-bond donors (Lipinski definition) is 1. The first-order chi connectivity index (χ1) is 9.31. The van der Waals surface area contributed by atoms with Crippen molar-refractivity contribution in [1.82, 2.24) is 19.6 Å². The molecule has 0 spiro atoms. The molecule has 0 atom stereocenters. The van der Waals surface area contributed by atoms with Crippen molar-refractivity contribution in [2.45, 2.75) is 0 Å². The first-order valence-corrected chi connectivity index (χ1v) is 5.85. The summed E-state index contributed by atoms with van der Waals surface area (Å²) in [5, 5.41) is 7.47. The fraction of sp³-hybridized carbons (Fsp3) is 0.154. The van der Waals surface area contributed by atoms with Crippen molar-refractivity contribution in [2.75, 3.05) is 19.5 Å². The molecule has 0 bridgehead atoms. The van der Waals surface area contributed by atoms with E-state index in [9.17, 15) is 0 Å². The lowest BCUT2D eigenvalue weighted by molar-refractivity contribution is 0.398. The number of nitrogens with zero attached hydrogens (tertiary/aromatic N) is 4. The number of hydrogen-bond acceptors (Lipinski definition) is 5. The molecular formula is C13H13N5O. The lowest BCUT2D eigenvalue weighted by Crippen LogP contribution is -1.99. The van der Waals surface area contributed by atoms with E-state index in [0.717, 1.165) is 22.7 Å². The summed E-state index contributed by atoms with van der Waals surface area (Å²) in [6, 6.07) is 7.55. The minimum Gasteiger partial charge on any atom is -0.481 e. The van der Waals surface area contributed by atoms with Crippen molar-refractivity contribution in [2.24, 2.45) is 0 Å². The molecule has 6 nitrogen and oxygen atoms in total. The van der Waals surface area contributed by atoms with Crippen molar-refractivity contribution in [3.63, 3.8) is 0 Å². The first kappa shape index (κ1) is 11.5. The van der Waals surface area contributed by atoms with Crippen LogP contribution >= 0.6 is 0 Å². The van der Waals surface area contributed by atoms with Gasteiger partial charge in [0.05, 0.1) is 19.0 Å². The second kappa shape index (κ2) is 4.56. The maximum atomic E-state index is 5.05. The third-order valence-electron chi connectivity index (χ3n) is 2.86. The van der Waals surface area contributed by atoms with Crippen LogP contribution in [0, 0.1) is 0 Å². The van der Waals surface area contributed by atoms with E-state index in [1.807, 2.05) is 31.3 Å². The second-order valence-electron chi connectivity index (χ2n) is 3.97. The van der Waals surface area contributed by atoms with Gasteiger partial charge in [-0.1, -0.05) is 0 Å². The van der Waals surface area contributed by atoms with E-state index in [2.05, 4.69) is 20.4 Å². The molecule has 0 saturated heterocycles. The third kappa shape index (κ3) is 1.97. The minimum absolute atomic E-state index is 0.585. The summed E-state index contributed by atoms with van der Waals surface area (Å²) in [4.78, 5) is 8.52. The van der Waals surface area contributed by atoms with Crippen LogP contribution in [0.4, 0.5) is 5.82 Å². The van der Waals surface area contributed by atoms with Gasteiger partial charge in [0.1, 0.15) is 5.82 Å². The van der Waals surface area contributed by atoms with Gasteiger partial charge in [-0.25, -0.2) is 14.5 Å². The zero-order valence-electron chi connectivity index (χ0n) is 10.7. The standard InChI is InChI=1S/C13H13N5O/c1-14-11-4-5-12-15-8-10(18(12)17-11)9-3-6-13(19-2)16-7-9/h3-8H,1-2H3,(H,14,17). The van der Waals surface area contributed by atoms with Crippen molar-refractivity contribution in [1.29, 1.82) is 0 Å². The molecule has 0 amide bonds. The van der Waals surface area contributed by atoms with E-state index in [-0.39, 0.29) is 0 Å². The summed E-state index contributed by atoms with van der Waals surface area (Å²) in [7, 11) is 3.43. The SMILES string of the molecule is CNc1ccc2ncc(-c3ccc(OC)nc3)n2n1. The fourth-order valence-electron chi connectivity index (χ4n) is 1.86. The molecule has 3 rings (SSSR count). The largest absolute Gasteiger partial charge is 0.481 e. The summed E-state index contributed by atoms with van der Waals surface area (Å²) in [6.45, 7) is 0. The summed E-state index contributed by atoms with van der Waals surface area (Å²) >= 11 is 0. The highest BCUT2D eigenvalue weighted by Gasteiger charge is 2.08. The molecule has 0 aromatic carbocycles. The van der Waals surface area contributed by atoms with Crippen molar-refractivity contribution >= 4 is 11.5 Å². The van der Waals surface area contributed by atoms with Gasteiger partial charge in [0.15, 0.2) is 5.65 Å². The van der Waals surface area contributed by atoms with Crippen molar-refractivity contribution < 1.29 is 4.74 Å². The van der Waals surface area contributed by atoms with Gasteiger partial charge in [0.2, 0.25) is 5.88 Å². The quantitative estimate of drug-likeness (QED) is 0.773.